The molecule has 0 bridgehead atoms. The second kappa shape index (κ2) is 7.48. The van der Waals surface area contributed by atoms with Crippen molar-refractivity contribution in [3.8, 4) is 11.5 Å². The molecule has 26 heavy (non-hydrogen) atoms. The molecule has 2 aromatic carbocycles. The van der Waals surface area contributed by atoms with Crippen LogP contribution >= 0.6 is 11.6 Å². The standard InChI is InChI=1S/C20H21ClN4O/c1-15-5-2-3-8-18(15)20-23-22-19(26-20)14-24-9-11-25(12-10-24)17-7-4-6-16(21)13-17/h2-8,13H,9-12,14H2,1H3. The van der Waals surface area contributed by atoms with Gasteiger partial charge in [-0.2, -0.15) is 0 Å². The molecule has 1 aliphatic rings. The first-order chi connectivity index (χ1) is 12.7. The van der Waals surface area contributed by atoms with Crippen molar-refractivity contribution in [1.82, 2.24) is 15.1 Å². The zero-order chi connectivity index (χ0) is 17.9. The SMILES string of the molecule is Cc1ccccc1-c1nnc(CN2CCN(c3cccc(Cl)c3)CC2)o1. The number of aryl methyl sites for hydroxylation is 1. The Labute approximate surface area is 158 Å². The molecule has 1 fully saturated rings. The summed E-state index contributed by atoms with van der Waals surface area (Å²) in [7, 11) is 0. The Balaban J connectivity index is 1.37. The monoisotopic (exact) mass is 368 g/mol. The fourth-order valence-electron chi connectivity index (χ4n) is 3.27. The lowest BCUT2D eigenvalue weighted by Crippen LogP contribution is -2.46. The molecule has 0 saturated carbocycles. The molecular formula is C20H21ClN4O. The quantitative estimate of drug-likeness (QED) is 0.696. The van der Waals surface area contributed by atoms with E-state index in [0.717, 1.165) is 42.3 Å². The molecule has 0 N–H and O–H groups in total. The summed E-state index contributed by atoms with van der Waals surface area (Å²) in [5.74, 6) is 1.26. The molecule has 1 aliphatic heterocycles. The highest BCUT2D eigenvalue weighted by atomic mass is 35.5. The van der Waals surface area contributed by atoms with Crippen LogP contribution in [0.15, 0.2) is 52.9 Å². The summed E-state index contributed by atoms with van der Waals surface area (Å²) in [4.78, 5) is 4.70. The summed E-state index contributed by atoms with van der Waals surface area (Å²) in [6.45, 7) is 6.55. The van der Waals surface area contributed by atoms with Gasteiger partial charge in [-0.3, -0.25) is 4.90 Å². The molecule has 0 amide bonds. The average Bonchev–Trinajstić information content (AvgIpc) is 3.11. The summed E-state index contributed by atoms with van der Waals surface area (Å²) < 4.78 is 5.89. The molecular weight excluding hydrogens is 348 g/mol. The zero-order valence-corrected chi connectivity index (χ0v) is 15.5. The molecule has 4 rings (SSSR count). The molecule has 0 aliphatic carbocycles. The fraction of sp³-hybridized carbons (Fsp3) is 0.300. The molecule has 1 saturated heterocycles. The number of hydrogen-bond donors (Lipinski definition) is 0. The number of halogens is 1. The van der Waals surface area contributed by atoms with Gasteiger partial charge in [-0.05, 0) is 36.8 Å². The van der Waals surface area contributed by atoms with Crippen LogP contribution in [0.1, 0.15) is 11.5 Å². The molecule has 0 spiro atoms. The molecule has 1 aromatic heterocycles. The lowest BCUT2D eigenvalue weighted by Gasteiger charge is -2.35. The highest BCUT2D eigenvalue weighted by molar-refractivity contribution is 6.30. The van der Waals surface area contributed by atoms with Gasteiger partial charge in [0.25, 0.3) is 0 Å². The van der Waals surface area contributed by atoms with Gasteiger partial charge in [-0.15, -0.1) is 10.2 Å². The van der Waals surface area contributed by atoms with Crippen molar-refractivity contribution in [2.75, 3.05) is 31.1 Å². The summed E-state index contributed by atoms with van der Waals surface area (Å²) in [5.41, 5.74) is 3.31. The minimum atomic E-state index is 0.593. The van der Waals surface area contributed by atoms with Gasteiger partial charge in [0.05, 0.1) is 6.54 Å². The molecule has 6 heteroatoms. The summed E-state index contributed by atoms with van der Waals surface area (Å²) in [5, 5.41) is 9.22. The molecule has 0 unspecified atom stereocenters. The molecule has 134 valence electrons. The van der Waals surface area contributed by atoms with E-state index < -0.39 is 0 Å². The molecule has 0 atom stereocenters. The number of rotatable bonds is 4. The third kappa shape index (κ3) is 3.74. The van der Waals surface area contributed by atoms with Gasteiger partial charge in [-0.25, -0.2) is 0 Å². The molecule has 0 radical (unpaired) electrons. The van der Waals surface area contributed by atoms with Crippen molar-refractivity contribution in [3.63, 3.8) is 0 Å². The van der Waals surface area contributed by atoms with Gasteiger partial charge in [0, 0.05) is 42.5 Å². The van der Waals surface area contributed by atoms with E-state index in [1.54, 1.807) is 0 Å². The topological polar surface area (TPSA) is 45.4 Å². The second-order valence-corrected chi connectivity index (χ2v) is 7.00. The first-order valence-electron chi connectivity index (χ1n) is 8.80. The minimum Gasteiger partial charge on any atom is -0.419 e. The Kier molecular flexibility index (Phi) is 4.91. The third-order valence-corrected chi connectivity index (χ3v) is 4.98. The van der Waals surface area contributed by atoms with Crippen LogP contribution in [0.25, 0.3) is 11.5 Å². The van der Waals surface area contributed by atoms with Crippen LogP contribution in [0.4, 0.5) is 5.69 Å². The number of anilines is 1. The maximum Gasteiger partial charge on any atom is 0.248 e. The Morgan fingerprint density at radius 1 is 1.00 bits per heavy atom. The Morgan fingerprint density at radius 3 is 2.58 bits per heavy atom. The van der Waals surface area contributed by atoms with Crippen LogP contribution < -0.4 is 4.90 Å². The lowest BCUT2D eigenvalue weighted by molar-refractivity contribution is 0.227. The molecule has 5 nitrogen and oxygen atoms in total. The zero-order valence-electron chi connectivity index (χ0n) is 14.7. The maximum atomic E-state index is 6.10. The lowest BCUT2D eigenvalue weighted by atomic mass is 10.1. The normalized spacial score (nSPS) is 15.4. The van der Waals surface area contributed by atoms with E-state index in [1.165, 1.54) is 5.69 Å². The highest BCUT2D eigenvalue weighted by Gasteiger charge is 2.20. The van der Waals surface area contributed by atoms with Crippen molar-refractivity contribution in [2.24, 2.45) is 0 Å². The Hall–Kier alpha value is -2.37. The average molecular weight is 369 g/mol. The summed E-state index contributed by atoms with van der Waals surface area (Å²) in [6, 6.07) is 16.1. The largest absolute Gasteiger partial charge is 0.419 e. The predicted molar refractivity (Wildman–Crippen MR) is 103 cm³/mol. The molecule has 2 heterocycles. The van der Waals surface area contributed by atoms with Crippen molar-refractivity contribution >= 4 is 17.3 Å². The van der Waals surface area contributed by atoms with Crippen LogP contribution in [-0.4, -0.2) is 41.3 Å². The summed E-state index contributed by atoms with van der Waals surface area (Å²) >= 11 is 6.10. The van der Waals surface area contributed by atoms with Crippen LogP contribution in [-0.2, 0) is 6.54 Å². The first-order valence-corrected chi connectivity index (χ1v) is 9.18. The van der Waals surface area contributed by atoms with Gasteiger partial charge in [0.2, 0.25) is 11.8 Å². The molecule has 3 aromatic rings. The van der Waals surface area contributed by atoms with Gasteiger partial charge in [-0.1, -0.05) is 35.9 Å². The van der Waals surface area contributed by atoms with Gasteiger partial charge in [0.1, 0.15) is 0 Å². The van der Waals surface area contributed by atoms with E-state index >= 15 is 0 Å². The number of aromatic nitrogens is 2. The smallest absolute Gasteiger partial charge is 0.248 e. The minimum absolute atomic E-state index is 0.593. The maximum absolute atomic E-state index is 6.10. The predicted octanol–water partition coefficient (Wildman–Crippen LogP) is 4.02. The number of hydrogen-bond acceptors (Lipinski definition) is 5. The number of nitrogens with zero attached hydrogens (tertiary/aromatic N) is 4. The van der Waals surface area contributed by atoms with Crippen LogP contribution in [0.5, 0.6) is 0 Å². The van der Waals surface area contributed by atoms with Crippen molar-refractivity contribution in [1.29, 1.82) is 0 Å². The van der Waals surface area contributed by atoms with Gasteiger partial charge < -0.3 is 9.32 Å². The second-order valence-electron chi connectivity index (χ2n) is 6.56. The van der Waals surface area contributed by atoms with E-state index in [1.807, 2.05) is 49.4 Å². The van der Waals surface area contributed by atoms with E-state index in [2.05, 4.69) is 26.1 Å². The van der Waals surface area contributed by atoms with Crippen LogP contribution in [0, 0.1) is 6.92 Å². The fourth-order valence-corrected chi connectivity index (χ4v) is 3.45. The van der Waals surface area contributed by atoms with E-state index in [9.17, 15) is 0 Å². The third-order valence-electron chi connectivity index (χ3n) is 4.75. The number of benzene rings is 2. The van der Waals surface area contributed by atoms with Crippen LogP contribution in [0.3, 0.4) is 0 Å². The Bertz CT molecular complexity index is 887. The highest BCUT2D eigenvalue weighted by Crippen LogP contribution is 2.23. The van der Waals surface area contributed by atoms with Crippen molar-refractivity contribution < 1.29 is 4.42 Å². The van der Waals surface area contributed by atoms with E-state index in [0.29, 0.717) is 18.3 Å². The van der Waals surface area contributed by atoms with Crippen molar-refractivity contribution in [3.05, 3.63) is 65.0 Å². The van der Waals surface area contributed by atoms with Gasteiger partial charge >= 0.3 is 0 Å². The van der Waals surface area contributed by atoms with Crippen molar-refractivity contribution in [2.45, 2.75) is 13.5 Å². The van der Waals surface area contributed by atoms with Crippen LogP contribution in [0.2, 0.25) is 5.02 Å². The van der Waals surface area contributed by atoms with E-state index in [4.69, 9.17) is 16.0 Å². The summed E-state index contributed by atoms with van der Waals surface area (Å²) in [6.07, 6.45) is 0. The number of piperazine rings is 1. The Morgan fingerprint density at radius 2 is 1.81 bits per heavy atom. The van der Waals surface area contributed by atoms with Gasteiger partial charge in [0.15, 0.2) is 0 Å². The first kappa shape index (κ1) is 17.1. The van der Waals surface area contributed by atoms with E-state index in [-0.39, 0.29) is 0 Å².